The number of Topliss-reactive ketones (excluding diaryl/α,β-unsaturated/α-hetero) is 1. The lowest BCUT2D eigenvalue weighted by Crippen LogP contribution is -2.31. The molecule has 0 bridgehead atoms. The van der Waals surface area contributed by atoms with Crippen LogP contribution in [0.1, 0.15) is 24.2 Å². The molecule has 0 aliphatic heterocycles. The molecule has 1 N–H and O–H groups in total. The highest BCUT2D eigenvalue weighted by atomic mass is 35.5. The molecule has 0 saturated carbocycles. The van der Waals surface area contributed by atoms with E-state index in [1.54, 1.807) is 36.4 Å². The molecule has 27 heavy (non-hydrogen) atoms. The molecule has 6 nitrogen and oxygen atoms in total. The first-order chi connectivity index (χ1) is 12.8. The van der Waals surface area contributed by atoms with Gasteiger partial charge in [-0.25, -0.2) is 4.79 Å². The van der Waals surface area contributed by atoms with Gasteiger partial charge in [0.2, 0.25) is 0 Å². The van der Waals surface area contributed by atoms with Crippen LogP contribution in [0, 0.1) is 0 Å². The molecule has 2 aromatic carbocycles. The Morgan fingerprint density at radius 2 is 1.74 bits per heavy atom. The third kappa shape index (κ3) is 6.27. The maximum absolute atomic E-state index is 12.1. The minimum Gasteiger partial charge on any atom is -0.482 e. The van der Waals surface area contributed by atoms with Crippen LogP contribution in [0.2, 0.25) is 10.0 Å². The average Bonchev–Trinajstić information content (AvgIpc) is 2.63. The first-order valence-corrected chi connectivity index (χ1v) is 8.71. The van der Waals surface area contributed by atoms with Crippen molar-refractivity contribution in [3.05, 3.63) is 58.1 Å². The van der Waals surface area contributed by atoms with Gasteiger partial charge >= 0.3 is 5.97 Å². The molecule has 0 aliphatic carbocycles. The van der Waals surface area contributed by atoms with Gasteiger partial charge in [0.25, 0.3) is 5.91 Å². The first kappa shape index (κ1) is 20.7. The quantitative estimate of drug-likeness (QED) is 0.548. The van der Waals surface area contributed by atoms with Gasteiger partial charge in [-0.05, 0) is 56.3 Å². The zero-order chi connectivity index (χ0) is 20.0. The van der Waals surface area contributed by atoms with E-state index < -0.39 is 18.0 Å². The Kier molecular flexibility index (Phi) is 7.21. The van der Waals surface area contributed by atoms with E-state index in [-0.39, 0.29) is 12.4 Å². The summed E-state index contributed by atoms with van der Waals surface area (Å²) < 4.78 is 10.3. The Bertz CT molecular complexity index is 852. The van der Waals surface area contributed by atoms with Crippen LogP contribution in [0.25, 0.3) is 0 Å². The van der Waals surface area contributed by atoms with E-state index >= 15 is 0 Å². The Hall–Kier alpha value is -2.57. The molecule has 2 aromatic rings. The van der Waals surface area contributed by atoms with E-state index in [4.69, 9.17) is 32.7 Å². The standard InChI is InChI=1S/C19H17Cl2NO5/c1-11(23)13-3-6-15(7-4-13)26-10-18(24)27-12(2)19(25)22-17-9-14(20)5-8-16(17)21/h3-9,12H,10H2,1-2H3,(H,22,25)/t12-/m0/s1. The van der Waals surface area contributed by atoms with Gasteiger partial charge in [0, 0.05) is 10.6 Å². The number of esters is 1. The van der Waals surface area contributed by atoms with Crippen LogP contribution in [0.5, 0.6) is 5.75 Å². The fourth-order valence-electron chi connectivity index (χ4n) is 2.04. The van der Waals surface area contributed by atoms with Gasteiger partial charge in [-0.2, -0.15) is 0 Å². The van der Waals surface area contributed by atoms with E-state index in [0.29, 0.717) is 27.0 Å². The lowest BCUT2D eigenvalue weighted by molar-refractivity contribution is -0.155. The van der Waals surface area contributed by atoms with Gasteiger partial charge in [0.15, 0.2) is 18.5 Å². The van der Waals surface area contributed by atoms with Crippen LogP contribution in [0.4, 0.5) is 5.69 Å². The van der Waals surface area contributed by atoms with Crippen molar-refractivity contribution in [3.63, 3.8) is 0 Å². The molecule has 0 fully saturated rings. The van der Waals surface area contributed by atoms with E-state index in [0.717, 1.165) is 0 Å². The summed E-state index contributed by atoms with van der Waals surface area (Å²) in [5.41, 5.74) is 0.855. The summed E-state index contributed by atoms with van der Waals surface area (Å²) in [5, 5.41) is 3.26. The minimum atomic E-state index is -1.06. The molecule has 142 valence electrons. The number of hydrogen-bond acceptors (Lipinski definition) is 5. The van der Waals surface area contributed by atoms with Gasteiger partial charge in [-0.3, -0.25) is 9.59 Å². The van der Waals surface area contributed by atoms with Crippen LogP contribution in [-0.2, 0) is 14.3 Å². The van der Waals surface area contributed by atoms with E-state index in [2.05, 4.69) is 5.32 Å². The number of halogens is 2. The highest BCUT2D eigenvalue weighted by Gasteiger charge is 2.19. The van der Waals surface area contributed by atoms with Crippen LogP contribution in [0.3, 0.4) is 0 Å². The molecule has 1 atom stereocenters. The second kappa shape index (κ2) is 9.39. The number of nitrogens with one attached hydrogen (secondary N) is 1. The van der Waals surface area contributed by atoms with Gasteiger partial charge in [0.05, 0.1) is 10.7 Å². The van der Waals surface area contributed by atoms with E-state index in [1.807, 2.05) is 0 Å². The van der Waals surface area contributed by atoms with Crippen molar-refractivity contribution in [2.75, 3.05) is 11.9 Å². The smallest absolute Gasteiger partial charge is 0.344 e. The molecule has 1 amide bonds. The van der Waals surface area contributed by atoms with E-state index in [9.17, 15) is 14.4 Å². The topological polar surface area (TPSA) is 81.7 Å². The third-order valence-electron chi connectivity index (χ3n) is 3.48. The molecule has 0 heterocycles. The average molecular weight is 410 g/mol. The number of benzene rings is 2. The molecule has 0 saturated heterocycles. The molecule has 8 heteroatoms. The zero-order valence-electron chi connectivity index (χ0n) is 14.6. The largest absolute Gasteiger partial charge is 0.482 e. The Labute approximate surface area is 166 Å². The van der Waals surface area contributed by atoms with E-state index in [1.165, 1.54) is 19.9 Å². The third-order valence-corrected chi connectivity index (χ3v) is 4.05. The van der Waals surface area contributed by atoms with Crippen molar-refractivity contribution in [2.45, 2.75) is 20.0 Å². The molecule has 0 spiro atoms. The Morgan fingerprint density at radius 1 is 1.07 bits per heavy atom. The molecular weight excluding hydrogens is 393 g/mol. The first-order valence-electron chi connectivity index (χ1n) is 7.95. The Morgan fingerprint density at radius 3 is 2.37 bits per heavy atom. The summed E-state index contributed by atoms with van der Waals surface area (Å²) in [5.74, 6) is -0.941. The van der Waals surface area contributed by atoms with Gasteiger partial charge in [-0.15, -0.1) is 0 Å². The molecule has 2 rings (SSSR count). The van der Waals surface area contributed by atoms with Crippen molar-refractivity contribution in [2.24, 2.45) is 0 Å². The zero-order valence-corrected chi connectivity index (χ0v) is 16.1. The van der Waals surface area contributed by atoms with Gasteiger partial charge < -0.3 is 14.8 Å². The fraction of sp³-hybridized carbons (Fsp3) is 0.211. The number of carbonyl (C=O) groups is 3. The summed E-state index contributed by atoms with van der Waals surface area (Å²) in [6.07, 6.45) is -1.06. The summed E-state index contributed by atoms with van der Waals surface area (Å²) in [6, 6.07) is 10.9. The van der Waals surface area contributed by atoms with Gasteiger partial charge in [-0.1, -0.05) is 23.2 Å². The normalized spacial score (nSPS) is 11.4. The number of anilines is 1. The lowest BCUT2D eigenvalue weighted by Gasteiger charge is -2.14. The van der Waals surface area contributed by atoms with Crippen molar-refractivity contribution in [3.8, 4) is 5.75 Å². The summed E-state index contributed by atoms with van der Waals surface area (Å²) in [4.78, 5) is 35.2. The van der Waals surface area contributed by atoms with Crippen LogP contribution in [-0.4, -0.2) is 30.4 Å². The molecule has 0 unspecified atom stereocenters. The predicted molar refractivity (Wildman–Crippen MR) is 103 cm³/mol. The molecule has 0 aliphatic rings. The molecule has 0 radical (unpaired) electrons. The summed E-state index contributed by atoms with van der Waals surface area (Å²) in [6.45, 7) is 2.50. The van der Waals surface area contributed by atoms with Crippen LogP contribution >= 0.6 is 23.2 Å². The summed E-state index contributed by atoms with van der Waals surface area (Å²) in [7, 11) is 0. The number of hydrogen-bond donors (Lipinski definition) is 1. The van der Waals surface area contributed by atoms with Crippen molar-refractivity contribution in [1.82, 2.24) is 0 Å². The van der Waals surface area contributed by atoms with Crippen molar-refractivity contribution >= 4 is 46.5 Å². The highest BCUT2D eigenvalue weighted by Crippen LogP contribution is 2.25. The molecule has 0 aromatic heterocycles. The number of rotatable bonds is 7. The number of amides is 1. The maximum Gasteiger partial charge on any atom is 0.344 e. The predicted octanol–water partition coefficient (Wildman–Crippen LogP) is 4.15. The highest BCUT2D eigenvalue weighted by molar-refractivity contribution is 6.35. The lowest BCUT2D eigenvalue weighted by atomic mass is 10.1. The monoisotopic (exact) mass is 409 g/mol. The second-order valence-electron chi connectivity index (χ2n) is 5.61. The van der Waals surface area contributed by atoms with Gasteiger partial charge in [0.1, 0.15) is 5.75 Å². The number of ketones is 1. The fourth-order valence-corrected chi connectivity index (χ4v) is 2.38. The number of carbonyl (C=O) groups excluding carboxylic acids is 3. The maximum atomic E-state index is 12.1. The van der Waals surface area contributed by atoms with Crippen molar-refractivity contribution < 1.29 is 23.9 Å². The SMILES string of the molecule is CC(=O)c1ccc(OCC(=O)O[C@@H](C)C(=O)Nc2cc(Cl)ccc2Cl)cc1. The second-order valence-corrected chi connectivity index (χ2v) is 6.46. The van der Waals surface area contributed by atoms with Crippen molar-refractivity contribution in [1.29, 1.82) is 0 Å². The number of ether oxygens (including phenoxy) is 2. The van der Waals surface area contributed by atoms with Crippen LogP contribution in [0.15, 0.2) is 42.5 Å². The molecular formula is C19H17Cl2NO5. The minimum absolute atomic E-state index is 0.0689. The summed E-state index contributed by atoms with van der Waals surface area (Å²) >= 11 is 11.8. The Balaban J connectivity index is 1.84. The van der Waals surface area contributed by atoms with Crippen LogP contribution < -0.4 is 10.1 Å².